The molecule has 1 aliphatic heterocycles. The highest BCUT2D eigenvalue weighted by molar-refractivity contribution is 8.26. The number of thioether (sulfide) groups is 1. The number of carboxylic acids is 1. The highest BCUT2D eigenvalue weighted by atomic mass is 35.5. The Labute approximate surface area is 169 Å². The molecule has 1 heterocycles. The molecule has 0 saturated carbocycles. The number of nitrogens with zero attached hydrogens (tertiary/aromatic N) is 1. The van der Waals surface area contributed by atoms with Gasteiger partial charge in [-0.3, -0.25) is 9.69 Å². The normalized spacial score (nSPS) is 17.0. The van der Waals surface area contributed by atoms with Crippen molar-refractivity contribution in [2.45, 2.75) is 6.04 Å². The van der Waals surface area contributed by atoms with Crippen molar-refractivity contribution < 1.29 is 14.7 Å². The first-order chi connectivity index (χ1) is 12.4. The summed E-state index contributed by atoms with van der Waals surface area (Å²) >= 11 is 18.2. The Morgan fingerprint density at radius 2 is 1.85 bits per heavy atom. The third-order valence-corrected chi connectivity index (χ3v) is 5.74. The highest BCUT2D eigenvalue weighted by Gasteiger charge is 2.41. The van der Waals surface area contributed by atoms with Crippen LogP contribution < -0.4 is 0 Å². The Morgan fingerprint density at radius 3 is 2.46 bits per heavy atom. The number of amides is 1. The number of carboxylic acid groups (broad SMARTS) is 1. The average molecular weight is 424 g/mol. The largest absolute Gasteiger partial charge is 0.479 e. The van der Waals surface area contributed by atoms with E-state index in [2.05, 4.69) is 0 Å². The van der Waals surface area contributed by atoms with Crippen LogP contribution in [0.15, 0.2) is 53.4 Å². The van der Waals surface area contributed by atoms with E-state index in [0.717, 1.165) is 16.7 Å². The van der Waals surface area contributed by atoms with E-state index < -0.39 is 17.9 Å². The van der Waals surface area contributed by atoms with Crippen LogP contribution in [0.4, 0.5) is 0 Å². The summed E-state index contributed by atoms with van der Waals surface area (Å²) in [5.74, 6) is -1.61. The summed E-state index contributed by atoms with van der Waals surface area (Å²) in [6.07, 6.45) is 1.62. The lowest BCUT2D eigenvalue weighted by Gasteiger charge is -2.23. The summed E-state index contributed by atoms with van der Waals surface area (Å²) in [5.41, 5.74) is 1.15. The van der Waals surface area contributed by atoms with E-state index in [1.54, 1.807) is 54.6 Å². The Morgan fingerprint density at radius 1 is 1.15 bits per heavy atom. The molecule has 8 heteroatoms. The third-order valence-electron chi connectivity index (χ3n) is 3.67. The van der Waals surface area contributed by atoms with Crippen molar-refractivity contribution in [3.63, 3.8) is 0 Å². The predicted octanol–water partition coefficient (Wildman–Crippen LogP) is 5.02. The van der Waals surface area contributed by atoms with Crippen LogP contribution in [0.2, 0.25) is 10.0 Å². The van der Waals surface area contributed by atoms with Crippen molar-refractivity contribution in [2.75, 3.05) is 0 Å². The molecule has 1 aliphatic rings. The standard InChI is InChI=1S/C18H11Cl2NO3S2/c19-12-7-6-10(8-13(12)20)9-14-16(22)21(18(25)26-14)15(17(23)24)11-4-2-1-3-5-11/h1-9,15H,(H,23,24)/b14-9-/t15-/m0/s1. The SMILES string of the molecule is O=C(O)[C@H](c1ccccc1)N1C(=O)/C(=C/c2ccc(Cl)c(Cl)c2)SC1=S. The summed E-state index contributed by atoms with van der Waals surface area (Å²) in [4.78, 5) is 26.1. The minimum atomic E-state index is -1.18. The van der Waals surface area contributed by atoms with E-state index in [-0.39, 0.29) is 4.32 Å². The van der Waals surface area contributed by atoms with Crippen molar-refractivity contribution >= 4 is 69.5 Å². The third kappa shape index (κ3) is 3.78. The van der Waals surface area contributed by atoms with E-state index in [9.17, 15) is 14.7 Å². The van der Waals surface area contributed by atoms with Crippen LogP contribution in [0.25, 0.3) is 6.08 Å². The number of carbonyl (C=O) groups excluding carboxylic acids is 1. The predicted molar refractivity (Wildman–Crippen MR) is 108 cm³/mol. The van der Waals surface area contributed by atoms with Gasteiger partial charge in [-0.05, 0) is 29.3 Å². The molecule has 2 aromatic carbocycles. The maximum absolute atomic E-state index is 12.8. The molecule has 1 saturated heterocycles. The lowest BCUT2D eigenvalue weighted by molar-refractivity contribution is -0.145. The molecule has 132 valence electrons. The molecule has 1 amide bonds. The van der Waals surface area contributed by atoms with Gasteiger partial charge in [0.15, 0.2) is 6.04 Å². The molecule has 26 heavy (non-hydrogen) atoms. The van der Waals surface area contributed by atoms with Crippen LogP contribution in [-0.2, 0) is 9.59 Å². The van der Waals surface area contributed by atoms with Crippen molar-refractivity contribution in [1.29, 1.82) is 0 Å². The lowest BCUT2D eigenvalue weighted by atomic mass is 10.1. The molecule has 1 atom stereocenters. The number of rotatable bonds is 4. The van der Waals surface area contributed by atoms with Crippen LogP contribution in [0, 0.1) is 0 Å². The van der Waals surface area contributed by atoms with Gasteiger partial charge in [-0.25, -0.2) is 4.79 Å². The first-order valence-corrected chi connectivity index (χ1v) is 9.36. The van der Waals surface area contributed by atoms with Crippen LogP contribution >= 0.6 is 47.2 Å². The summed E-state index contributed by atoms with van der Waals surface area (Å²) in [5, 5.41) is 10.4. The van der Waals surface area contributed by atoms with Crippen molar-refractivity contribution in [3.05, 3.63) is 74.6 Å². The number of thiocarbonyl (C=S) groups is 1. The number of carbonyl (C=O) groups is 2. The van der Waals surface area contributed by atoms with Gasteiger partial charge in [0.25, 0.3) is 5.91 Å². The second kappa shape index (κ2) is 7.80. The minimum Gasteiger partial charge on any atom is -0.479 e. The molecule has 3 rings (SSSR count). The van der Waals surface area contributed by atoms with Gasteiger partial charge in [-0.2, -0.15) is 0 Å². The lowest BCUT2D eigenvalue weighted by Crippen LogP contribution is -2.37. The van der Waals surface area contributed by atoms with Crippen molar-refractivity contribution in [3.8, 4) is 0 Å². The fourth-order valence-corrected chi connectivity index (χ4v) is 4.11. The molecule has 1 N–H and O–H groups in total. The Balaban J connectivity index is 1.96. The molecule has 4 nitrogen and oxygen atoms in total. The molecule has 0 spiro atoms. The Kier molecular flexibility index (Phi) is 5.67. The van der Waals surface area contributed by atoms with Gasteiger partial charge in [0.05, 0.1) is 15.0 Å². The van der Waals surface area contributed by atoms with Crippen LogP contribution in [-0.4, -0.2) is 26.2 Å². The second-order valence-corrected chi connectivity index (χ2v) is 7.87. The van der Waals surface area contributed by atoms with Crippen LogP contribution in [0.5, 0.6) is 0 Å². The Bertz CT molecular complexity index is 931. The topological polar surface area (TPSA) is 57.6 Å². The summed E-state index contributed by atoms with van der Waals surface area (Å²) < 4.78 is 0.192. The quantitative estimate of drug-likeness (QED) is 0.552. The zero-order valence-electron chi connectivity index (χ0n) is 13.1. The van der Waals surface area contributed by atoms with E-state index in [0.29, 0.717) is 26.1 Å². The fraction of sp³-hybridized carbons (Fsp3) is 0.0556. The second-order valence-electron chi connectivity index (χ2n) is 5.38. The maximum Gasteiger partial charge on any atom is 0.331 e. The highest BCUT2D eigenvalue weighted by Crippen LogP contribution is 2.38. The fourth-order valence-electron chi connectivity index (χ4n) is 2.49. The molecule has 1 fully saturated rings. The molecule has 0 bridgehead atoms. The first-order valence-electron chi connectivity index (χ1n) is 7.38. The molecule has 0 radical (unpaired) electrons. The van der Waals surface area contributed by atoms with Gasteiger partial charge in [-0.15, -0.1) is 0 Å². The summed E-state index contributed by atoms with van der Waals surface area (Å²) in [6, 6.07) is 12.3. The first kappa shape index (κ1) is 18.9. The number of halogens is 2. The van der Waals surface area contributed by atoms with Gasteiger partial charge in [0, 0.05) is 0 Å². The molecular formula is C18H11Cl2NO3S2. The Hall–Kier alpha value is -1.86. The number of aliphatic carboxylic acids is 1. The zero-order chi connectivity index (χ0) is 18.8. The molecule has 0 aromatic heterocycles. The smallest absolute Gasteiger partial charge is 0.331 e. The molecular weight excluding hydrogens is 413 g/mol. The van der Waals surface area contributed by atoms with Crippen molar-refractivity contribution in [1.82, 2.24) is 4.90 Å². The number of hydrogen-bond donors (Lipinski definition) is 1. The monoisotopic (exact) mass is 423 g/mol. The zero-order valence-corrected chi connectivity index (χ0v) is 16.2. The van der Waals surface area contributed by atoms with Crippen LogP contribution in [0.1, 0.15) is 17.2 Å². The van der Waals surface area contributed by atoms with E-state index >= 15 is 0 Å². The maximum atomic E-state index is 12.8. The molecule has 2 aromatic rings. The van der Waals surface area contributed by atoms with Crippen molar-refractivity contribution in [2.24, 2.45) is 0 Å². The van der Waals surface area contributed by atoms with Gasteiger partial charge >= 0.3 is 5.97 Å². The molecule has 0 aliphatic carbocycles. The molecule has 0 unspecified atom stereocenters. The number of benzene rings is 2. The number of hydrogen-bond acceptors (Lipinski definition) is 4. The van der Waals surface area contributed by atoms with Crippen LogP contribution in [0.3, 0.4) is 0 Å². The van der Waals surface area contributed by atoms with Gasteiger partial charge in [-0.1, -0.05) is 83.6 Å². The summed E-state index contributed by atoms with van der Waals surface area (Å²) in [6.45, 7) is 0. The van der Waals surface area contributed by atoms with Gasteiger partial charge in [0.2, 0.25) is 0 Å². The summed E-state index contributed by atoms with van der Waals surface area (Å²) in [7, 11) is 0. The van der Waals surface area contributed by atoms with E-state index in [4.69, 9.17) is 35.4 Å². The van der Waals surface area contributed by atoms with E-state index in [1.165, 1.54) is 0 Å². The average Bonchev–Trinajstić information content (AvgIpc) is 2.87. The van der Waals surface area contributed by atoms with E-state index in [1.807, 2.05) is 0 Å². The van der Waals surface area contributed by atoms with Gasteiger partial charge in [0.1, 0.15) is 4.32 Å². The minimum absolute atomic E-state index is 0.192. The van der Waals surface area contributed by atoms with Gasteiger partial charge < -0.3 is 5.11 Å².